The van der Waals surface area contributed by atoms with Gasteiger partial charge in [-0.05, 0) is 50.1 Å². The van der Waals surface area contributed by atoms with Crippen molar-refractivity contribution < 1.29 is 4.84 Å². The lowest BCUT2D eigenvalue weighted by molar-refractivity contribution is 0.0858. The maximum absolute atomic E-state index is 6.30. The molecule has 0 aliphatic carbocycles. The largest absolute Gasteiger partial charge is 0.387 e. The zero-order chi connectivity index (χ0) is 18.7. The summed E-state index contributed by atoms with van der Waals surface area (Å²) in [4.78, 5) is 12.3. The number of oxime groups is 1. The van der Waals surface area contributed by atoms with Crippen molar-refractivity contribution in [1.82, 2.24) is 4.90 Å². The Kier molecular flexibility index (Phi) is 5.62. The van der Waals surface area contributed by atoms with Crippen LogP contribution < -0.4 is 0 Å². The highest BCUT2D eigenvalue weighted by molar-refractivity contribution is 6.31. The van der Waals surface area contributed by atoms with Crippen LogP contribution in [0.5, 0.6) is 0 Å². The second-order valence-electron chi connectivity index (χ2n) is 6.63. The Morgan fingerprint density at radius 1 is 1.27 bits per heavy atom. The normalized spacial score (nSPS) is 16.7. The van der Waals surface area contributed by atoms with Gasteiger partial charge in [-0.2, -0.15) is 0 Å². The van der Waals surface area contributed by atoms with Crippen molar-refractivity contribution >= 4 is 29.3 Å². The van der Waals surface area contributed by atoms with Crippen molar-refractivity contribution in [3.8, 4) is 0 Å². The predicted octanol–water partition coefficient (Wildman–Crippen LogP) is 5.43. The molecule has 0 radical (unpaired) electrons. The van der Waals surface area contributed by atoms with Crippen LogP contribution in [0.3, 0.4) is 0 Å². The number of rotatable bonds is 5. The lowest BCUT2D eigenvalue weighted by Crippen LogP contribution is -2.14. The van der Waals surface area contributed by atoms with Crippen LogP contribution in [0.2, 0.25) is 5.02 Å². The van der Waals surface area contributed by atoms with E-state index in [9.17, 15) is 0 Å². The fraction of sp³-hybridized carbons (Fsp3) is 0.333. The molecule has 136 valence electrons. The van der Waals surface area contributed by atoms with E-state index < -0.39 is 0 Å². The summed E-state index contributed by atoms with van der Waals surface area (Å²) in [5, 5.41) is 5.05. The summed E-state index contributed by atoms with van der Waals surface area (Å²) in [6.07, 6.45) is 2.45. The summed E-state index contributed by atoms with van der Waals surface area (Å²) in [5.41, 5.74) is 6.29. The maximum atomic E-state index is 6.30. The minimum atomic E-state index is -0.130. The molecular formula is C21H24ClN3O. The van der Waals surface area contributed by atoms with Crippen LogP contribution in [-0.4, -0.2) is 30.5 Å². The molecule has 1 atom stereocenters. The van der Waals surface area contributed by atoms with Gasteiger partial charge in [-0.1, -0.05) is 35.0 Å². The fourth-order valence-corrected chi connectivity index (χ4v) is 3.19. The van der Waals surface area contributed by atoms with Gasteiger partial charge >= 0.3 is 0 Å². The second-order valence-corrected chi connectivity index (χ2v) is 7.04. The van der Waals surface area contributed by atoms with Crippen LogP contribution in [0.15, 0.2) is 46.5 Å². The molecule has 0 saturated heterocycles. The van der Waals surface area contributed by atoms with Crippen molar-refractivity contribution in [2.24, 2.45) is 10.1 Å². The molecule has 0 saturated carbocycles. The molecule has 0 spiro atoms. The first-order valence-corrected chi connectivity index (χ1v) is 9.20. The van der Waals surface area contributed by atoms with E-state index in [4.69, 9.17) is 16.4 Å². The molecule has 0 N–H and O–H groups in total. The van der Waals surface area contributed by atoms with Gasteiger partial charge in [0, 0.05) is 36.2 Å². The zero-order valence-electron chi connectivity index (χ0n) is 15.7. The Balaban J connectivity index is 1.81. The Morgan fingerprint density at radius 3 is 2.77 bits per heavy atom. The second kappa shape index (κ2) is 7.92. The van der Waals surface area contributed by atoms with Gasteiger partial charge in [0.1, 0.15) is 0 Å². The smallest absolute Gasteiger partial charge is 0.159 e. The standard InChI is InChI=1S/C21H24ClN3O/c1-5-25(4)13-23-19-11-14(2)17(10-15(19)3)20-12-21(26-24-20)16-8-6-7-9-18(16)22/h6-11,13,21H,5,12H2,1-4H3. The fourth-order valence-electron chi connectivity index (χ4n) is 2.93. The quantitative estimate of drug-likeness (QED) is 0.520. The molecule has 0 amide bonds. The first kappa shape index (κ1) is 18.5. The minimum Gasteiger partial charge on any atom is -0.387 e. The topological polar surface area (TPSA) is 37.2 Å². The van der Waals surface area contributed by atoms with Crippen molar-refractivity contribution in [2.75, 3.05) is 13.6 Å². The van der Waals surface area contributed by atoms with E-state index in [1.807, 2.05) is 42.6 Å². The van der Waals surface area contributed by atoms with E-state index in [1.165, 1.54) is 0 Å². The third-order valence-electron chi connectivity index (χ3n) is 4.67. The molecule has 1 aliphatic heterocycles. The van der Waals surface area contributed by atoms with E-state index in [0.717, 1.165) is 40.2 Å². The predicted molar refractivity (Wildman–Crippen MR) is 109 cm³/mol. The number of hydrogen-bond acceptors (Lipinski definition) is 3. The summed E-state index contributed by atoms with van der Waals surface area (Å²) in [5.74, 6) is 0. The lowest BCUT2D eigenvalue weighted by atomic mass is 9.95. The summed E-state index contributed by atoms with van der Waals surface area (Å²) >= 11 is 6.30. The molecule has 2 aromatic rings. The number of hydrogen-bond donors (Lipinski definition) is 0. The highest BCUT2D eigenvalue weighted by Crippen LogP contribution is 2.35. The molecule has 5 heteroatoms. The number of halogens is 1. The molecular weight excluding hydrogens is 346 g/mol. The van der Waals surface area contributed by atoms with Crippen molar-refractivity contribution in [2.45, 2.75) is 33.3 Å². The van der Waals surface area contributed by atoms with Crippen LogP contribution in [0.25, 0.3) is 0 Å². The monoisotopic (exact) mass is 369 g/mol. The van der Waals surface area contributed by atoms with E-state index >= 15 is 0 Å². The molecule has 0 bridgehead atoms. The first-order chi connectivity index (χ1) is 12.5. The summed E-state index contributed by atoms with van der Waals surface area (Å²) in [6.45, 7) is 7.18. The Bertz CT molecular complexity index is 860. The molecule has 2 aromatic carbocycles. The SMILES string of the molecule is CCN(C)C=Nc1cc(C)c(C2=NOC(c3ccccc3Cl)C2)cc1C. The maximum Gasteiger partial charge on any atom is 0.159 e. The number of aryl methyl sites for hydroxylation is 2. The number of benzene rings is 2. The Morgan fingerprint density at radius 2 is 2.04 bits per heavy atom. The van der Waals surface area contributed by atoms with Crippen molar-refractivity contribution in [1.29, 1.82) is 0 Å². The third kappa shape index (κ3) is 3.91. The first-order valence-electron chi connectivity index (χ1n) is 8.82. The van der Waals surface area contributed by atoms with Crippen LogP contribution in [0, 0.1) is 13.8 Å². The average Bonchev–Trinajstić information content (AvgIpc) is 3.11. The molecule has 1 aliphatic rings. The van der Waals surface area contributed by atoms with Gasteiger partial charge < -0.3 is 9.74 Å². The molecule has 3 rings (SSSR count). The molecule has 4 nitrogen and oxygen atoms in total. The van der Waals surface area contributed by atoms with Gasteiger partial charge in [-0.15, -0.1) is 0 Å². The highest BCUT2D eigenvalue weighted by atomic mass is 35.5. The van der Waals surface area contributed by atoms with Crippen LogP contribution in [0.1, 0.15) is 41.7 Å². The van der Waals surface area contributed by atoms with Gasteiger partial charge in [0.2, 0.25) is 0 Å². The zero-order valence-corrected chi connectivity index (χ0v) is 16.4. The van der Waals surface area contributed by atoms with Crippen LogP contribution >= 0.6 is 11.6 Å². The van der Waals surface area contributed by atoms with Crippen molar-refractivity contribution in [3.63, 3.8) is 0 Å². The molecule has 26 heavy (non-hydrogen) atoms. The summed E-state index contributed by atoms with van der Waals surface area (Å²) in [6, 6.07) is 12.0. The van der Waals surface area contributed by atoms with Crippen LogP contribution in [-0.2, 0) is 4.84 Å². The Labute approximate surface area is 160 Å². The number of aliphatic imine (C=N–C) groups is 1. The highest BCUT2D eigenvalue weighted by Gasteiger charge is 2.26. The molecule has 1 unspecified atom stereocenters. The summed E-state index contributed by atoms with van der Waals surface area (Å²) < 4.78 is 0. The van der Waals surface area contributed by atoms with E-state index in [2.05, 4.69) is 43.1 Å². The van der Waals surface area contributed by atoms with Crippen LogP contribution in [0.4, 0.5) is 5.69 Å². The van der Waals surface area contributed by atoms with Gasteiger partial charge in [0.05, 0.1) is 17.7 Å². The molecule has 0 aromatic heterocycles. The van der Waals surface area contributed by atoms with E-state index in [1.54, 1.807) is 0 Å². The van der Waals surface area contributed by atoms with E-state index in [0.29, 0.717) is 11.4 Å². The average molecular weight is 370 g/mol. The molecule has 1 heterocycles. The summed E-state index contributed by atoms with van der Waals surface area (Å²) in [7, 11) is 2.01. The lowest BCUT2D eigenvalue weighted by Gasteiger charge is -2.12. The van der Waals surface area contributed by atoms with Gasteiger partial charge in [-0.3, -0.25) is 0 Å². The van der Waals surface area contributed by atoms with Crippen molar-refractivity contribution in [3.05, 3.63) is 63.7 Å². The third-order valence-corrected chi connectivity index (χ3v) is 5.01. The van der Waals surface area contributed by atoms with Gasteiger partial charge in [0.15, 0.2) is 6.10 Å². The van der Waals surface area contributed by atoms with E-state index in [-0.39, 0.29) is 6.10 Å². The Hall–Kier alpha value is -2.33. The van der Waals surface area contributed by atoms with Gasteiger partial charge in [-0.25, -0.2) is 4.99 Å². The molecule has 0 fully saturated rings. The minimum absolute atomic E-state index is 0.130. The number of nitrogens with zero attached hydrogens (tertiary/aromatic N) is 3. The van der Waals surface area contributed by atoms with Gasteiger partial charge in [0.25, 0.3) is 0 Å².